The van der Waals surface area contributed by atoms with Crippen LogP contribution in [0.3, 0.4) is 0 Å². The van der Waals surface area contributed by atoms with E-state index >= 15 is 0 Å². The summed E-state index contributed by atoms with van der Waals surface area (Å²) in [4.78, 5) is 97.5. The van der Waals surface area contributed by atoms with Crippen molar-refractivity contribution in [3.05, 3.63) is 203 Å². The number of carboxylic acids is 1. The van der Waals surface area contributed by atoms with Crippen molar-refractivity contribution in [2.45, 2.75) is 75.2 Å². The molecule has 358 valence electrons. The number of hydrogen-bond donors (Lipinski definition) is 7. The summed E-state index contributed by atoms with van der Waals surface area (Å²) in [5.74, 6) is -5.12. The van der Waals surface area contributed by atoms with Gasteiger partial charge in [0.25, 0.3) is 5.91 Å². The molecule has 7 N–H and O–H groups in total. The van der Waals surface area contributed by atoms with E-state index in [0.717, 1.165) is 16.7 Å². The second-order valence-electron chi connectivity index (χ2n) is 17.3. The van der Waals surface area contributed by atoms with Crippen LogP contribution in [0.15, 0.2) is 170 Å². The zero-order valence-corrected chi connectivity index (χ0v) is 38.5. The maximum absolute atomic E-state index is 14.8. The van der Waals surface area contributed by atoms with E-state index in [4.69, 9.17) is 0 Å². The summed E-state index contributed by atoms with van der Waals surface area (Å²) in [6, 6.07) is 44.4. The third-order valence-corrected chi connectivity index (χ3v) is 12.1. The van der Waals surface area contributed by atoms with Crippen molar-refractivity contribution in [3.63, 3.8) is 0 Å². The lowest BCUT2D eigenvalue weighted by atomic mass is 9.98. The smallest absolute Gasteiger partial charge is 0.326 e. The maximum Gasteiger partial charge on any atom is 0.326 e. The molecule has 2 heterocycles. The number of carbonyl (C=O) groups excluding carboxylic acids is 6. The van der Waals surface area contributed by atoms with Crippen LogP contribution in [0.5, 0.6) is 0 Å². The lowest BCUT2D eigenvalue weighted by Gasteiger charge is -2.27. The summed E-state index contributed by atoms with van der Waals surface area (Å²) < 4.78 is 0. The van der Waals surface area contributed by atoms with Crippen molar-refractivity contribution >= 4 is 41.4 Å². The molecule has 2 bridgehead atoms. The number of nitrogens with one attached hydrogen (secondary N) is 6. The summed E-state index contributed by atoms with van der Waals surface area (Å²) in [5, 5.41) is 27.0. The highest BCUT2D eigenvalue weighted by molar-refractivity contribution is 5.97. The number of aliphatic carboxylic acids is 1. The minimum atomic E-state index is -1.35. The lowest BCUT2D eigenvalue weighted by molar-refractivity contribution is -0.142. The van der Waals surface area contributed by atoms with Crippen molar-refractivity contribution in [1.29, 1.82) is 0 Å². The number of amides is 6. The molecule has 0 aromatic heterocycles. The fourth-order valence-electron chi connectivity index (χ4n) is 8.23. The van der Waals surface area contributed by atoms with E-state index in [1.807, 2.05) is 91.0 Å². The van der Waals surface area contributed by atoms with E-state index in [9.17, 15) is 38.7 Å². The molecule has 6 aromatic carbocycles. The lowest BCUT2D eigenvalue weighted by Crippen LogP contribution is -2.60. The topological polar surface area (TPSA) is 212 Å². The van der Waals surface area contributed by atoms with Crippen molar-refractivity contribution in [3.8, 4) is 11.1 Å². The number of aryl methyl sites for hydroxylation is 1. The van der Waals surface area contributed by atoms with Gasteiger partial charge in [0.15, 0.2) is 0 Å². The molecule has 2 aliphatic rings. The van der Waals surface area contributed by atoms with Crippen molar-refractivity contribution < 1.29 is 38.7 Å². The first-order valence-electron chi connectivity index (χ1n) is 23.3. The quantitative estimate of drug-likeness (QED) is 0.0791. The molecule has 0 fully saturated rings. The minimum Gasteiger partial charge on any atom is -0.480 e. The molecule has 6 amide bonds. The number of hydrogen-bond acceptors (Lipinski definition) is 7. The zero-order chi connectivity index (χ0) is 49.2. The van der Waals surface area contributed by atoms with Crippen LogP contribution in [0.1, 0.15) is 51.0 Å². The molecule has 6 aromatic rings. The van der Waals surface area contributed by atoms with Gasteiger partial charge in [-0.15, -0.1) is 0 Å². The molecule has 2 aliphatic heterocycles. The van der Waals surface area contributed by atoms with Gasteiger partial charge in [0.1, 0.15) is 30.2 Å². The molecule has 70 heavy (non-hydrogen) atoms. The molecule has 0 spiro atoms. The van der Waals surface area contributed by atoms with Crippen LogP contribution in [0.4, 0.5) is 0 Å². The summed E-state index contributed by atoms with van der Waals surface area (Å²) in [6.45, 7) is -0.0474. The predicted octanol–water partition coefficient (Wildman–Crippen LogP) is 4.90. The first kappa shape index (κ1) is 49.5. The zero-order valence-electron chi connectivity index (χ0n) is 38.5. The molecule has 0 saturated heterocycles. The number of fused-ring (bicyclic) bond motifs is 18. The predicted molar refractivity (Wildman–Crippen MR) is 265 cm³/mol. The first-order chi connectivity index (χ1) is 34.0. The monoisotopic (exact) mass is 940 g/mol. The third kappa shape index (κ3) is 14.6. The van der Waals surface area contributed by atoms with Crippen LogP contribution in [0, 0.1) is 0 Å². The van der Waals surface area contributed by atoms with Gasteiger partial charge >= 0.3 is 5.97 Å². The largest absolute Gasteiger partial charge is 0.480 e. The summed E-state index contributed by atoms with van der Waals surface area (Å²) in [5.41, 5.74) is 5.69. The normalized spacial score (nSPS) is 18.7. The molecule has 0 aliphatic carbocycles. The molecule has 8 rings (SSSR count). The molecular formula is C56H56N6O8. The van der Waals surface area contributed by atoms with E-state index in [0.29, 0.717) is 28.7 Å². The van der Waals surface area contributed by atoms with Gasteiger partial charge in [0.2, 0.25) is 29.5 Å². The van der Waals surface area contributed by atoms with Crippen LogP contribution in [-0.4, -0.2) is 83.3 Å². The summed E-state index contributed by atoms with van der Waals surface area (Å²) >= 11 is 0. The molecule has 14 heteroatoms. The Morgan fingerprint density at radius 3 is 1.60 bits per heavy atom. The van der Waals surface area contributed by atoms with E-state index in [2.05, 4.69) is 31.9 Å². The van der Waals surface area contributed by atoms with Crippen LogP contribution in [-0.2, 0) is 60.9 Å². The van der Waals surface area contributed by atoms with Gasteiger partial charge in [-0.1, -0.05) is 158 Å². The van der Waals surface area contributed by atoms with Gasteiger partial charge in [-0.05, 0) is 63.9 Å². The van der Waals surface area contributed by atoms with Crippen LogP contribution in [0.2, 0.25) is 0 Å². The Kier molecular flexibility index (Phi) is 17.4. The Balaban J connectivity index is 1.23. The highest BCUT2D eigenvalue weighted by Gasteiger charge is 2.33. The van der Waals surface area contributed by atoms with Crippen LogP contribution >= 0.6 is 0 Å². The molecule has 5 atom stereocenters. The Morgan fingerprint density at radius 2 is 1.01 bits per heavy atom. The highest BCUT2D eigenvalue weighted by Crippen LogP contribution is 2.20. The fourth-order valence-corrected chi connectivity index (χ4v) is 8.23. The number of carbonyl (C=O) groups is 7. The molecule has 14 nitrogen and oxygen atoms in total. The SMILES string of the molecule is O=C1CCNC(=O)c2ccc(cc2)CC(C(=O)NC(Cc2ccccc2)C(=O)O)NC(=O)C(Cc2ccccc2)NC(=O)C(Cc2ccc(-c3ccccc3)cc2)NC(=O)C(CCc2ccccc2)N1. The Hall–Kier alpha value is -8.39. The highest BCUT2D eigenvalue weighted by atomic mass is 16.4. The molecule has 0 radical (unpaired) electrons. The van der Waals surface area contributed by atoms with Gasteiger partial charge in [-0.2, -0.15) is 0 Å². The third-order valence-electron chi connectivity index (χ3n) is 12.1. The number of rotatable bonds is 13. The summed E-state index contributed by atoms with van der Waals surface area (Å²) in [7, 11) is 0. The van der Waals surface area contributed by atoms with Crippen molar-refractivity contribution in [1.82, 2.24) is 31.9 Å². The average molecular weight is 941 g/mol. The van der Waals surface area contributed by atoms with Gasteiger partial charge in [-0.25, -0.2) is 4.79 Å². The fraction of sp³-hybridized carbons (Fsp3) is 0.232. The second-order valence-corrected chi connectivity index (χ2v) is 17.3. The van der Waals surface area contributed by atoms with Gasteiger partial charge in [0, 0.05) is 44.2 Å². The van der Waals surface area contributed by atoms with Crippen LogP contribution in [0.25, 0.3) is 11.1 Å². The molecule has 0 saturated carbocycles. The number of benzene rings is 6. The average Bonchev–Trinajstić information content (AvgIpc) is 3.38. The summed E-state index contributed by atoms with van der Waals surface area (Å²) in [6.07, 6.45) is 0.264. The molecular weight excluding hydrogens is 885 g/mol. The maximum atomic E-state index is 14.8. The van der Waals surface area contributed by atoms with E-state index in [1.54, 1.807) is 66.7 Å². The standard InChI is InChI=1S/C56H56N6O8/c63-50-31-32-57-51(64)44-28-23-41(24-29-44)35-48(55(68)62-49(56(69)70)36-39-17-9-3-10-18-39)61-53(66)46(33-38-15-7-2-8-16-38)60-54(67)47(34-40-21-26-43(27-22-40)42-19-11-4-12-20-42)59-52(65)45(58-50)30-25-37-13-5-1-6-14-37/h1-24,26-29,45-49H,25,30-36H2,(H,57,64)(H,58,63)(H,59,65)(H,60,67)(H,61,66)(H,62,68)(H,69,70). The first-order valence-corrected chi connectivity index (χ1v) is 23.3. The van der Waals surface area contributed by atoms with Gasteiger partial charge in [0.05, 0.1) is 0 Å². The van der Waals surface area contributed by atoms with Crippen molar-refractivity contribution in [2.24, 2.45) is 0 Å². The number of carboxylic acid groups (broad SMARTS) is 1. The van der Waals surface area contributed by atoms with Crippen LogP contribution < -0.4 is 31.9 Å². The van der Waals surface area contributed by atoms with Gasteiger partial charge < -0.3 is 37.0 Å². The minimum absolute atomic E-state index is 0.00343. The molecule has 5 unspecified atom stereocenters. The Morgan fingerprint density at radius 1 is 0.529 bits per heavy atom. The van der Waals surface area contributed by atoms with E-state index in [-0.39, 0.29) is 50.6 Å². The Labute approximate surface area is 406 Å². The van der Waals surface area contributed by atoms with Crippen molar-refractivity contribution in [2.75, 3.05) is 6.54 Å². The second kappa shape index (κ2) is 24.6. The van der Waals surface area contributed by atoms with E-state index < -0.39 is 71.6 Å². The van der Waals surface area contributed by atoms with E-state index in [1.165, 1.54) is 12.1 Å². The van der Waals surface area contributed by atoms with Gasteiger partial charge in [-0.3, -0.25) is 28.8 Å². The Bertz CT molecular complexity index is 2720.